The zero-order valence-electron chi connectivity index (χ0n) is 9.18. The number of esters is 1. The van der Waals surface area contributed by atoms with Crippen LogP contribution in [-0.2, 0) is 4.74 Å². The number of rotatable bonds is 2. The maximum absolute atomic E-state index is 12.2. The Hall–Kier alpha value is -2.12. The van der Waals surface area contributed by atoms with Gasteiger partial charge in [0.1, 0.15) is 6.33 Å². The van der Waals surface area contributed by atoms with Gasteiger partial charge in [0.25, 0.3) is 0 Å². The predicted molar refractivity (Wildman–Crippen MR) is 53.9 cm³/mol. The molecule has 0 aliphatic heterocycles. The molecule has 96 valence electrons. The zero-order valence-corrected chi connectivity index (χ0v) is 9.18. The molecule has 0 aromatic carbocycles. The minimum Gasteiger partial charge on any atom is -0.449 e. The molecule has 0 bridgehead atoms. The van der Waals surface area contributed by atoms with Crippen LogP contribution in [0.3, 0.4) is 0 Å². The number of aromatic nitrogens is 3. The summed E-state index contributed by atoms with van der Waals surface area (Å²) in [6.07, 6.45) is -4.09. The van der Waals surface area contributed by atoms with Crippen molar-refractivity contribution in [1.82, 2.24) is 14.6 Å². The van der Waals surface area contributed by atoms with E-state index in [1.54, 1.807) is 0 Å². The van der Waals surface area contributed by atoms with Gasteiger partial charge in [-0.2, -0.15) is 13.2 Å². The van der Waals surface area contributed by atoms with Gasteiger partial charge in [0.15, 0.2) is 11.8 Å². The third-order valence-corrected chi connectivity index (χ3v) is 2.27. The first-order valence-corrected chi connectivity index (χ1v) is 4.95. The Kier molecular flexibility index (Phi) is 2.93. The summed E-state index contributed by atoms with van der Waals surface area (Å²) < 4.78 is 42.4. The van der Waals surface area contributed by atoms with Gasteiger partial charge in [0, 0.05) is 6.20 Å². The van der Waals surface area contributed by atoms with Crippen LogP contribution in [0.4, 0.5) is 13.2 Å². The highest BCUT2D eigenvalue weighted by atomic mass is 19.4. The lowest BCUT2D eigenvalue weighted by Gasteiger charge is -2.16. The van der Waals surface area contributed by atoms with Gasteiger partial charge < -0.3 is 4.74 Å². The van der Waals surface area contributed by atoms with Gasteiger partial charge in [-0.05, 0) is 19.1 Å². The van der Waals surface area contributed by atoms with Crippen LogP contribution < -0.4 is 0 Å². The first-order valence-electron chi connectivity index (χ1n) is 4.95. The van der Waals surface area contributed by atoms with E-state index in [4.69, 9.17) is 0 Å². The van der Waals surface area contributed by atoms with E-state index in [0.717, 1.165) is 6.92 Å². The number of hydrogen-bond donors (Lipinski definition) is 0. The van der Waals surface area contributed by atoms with Crippen molar-refractivity contribution < 1.29 is 22.7 Å². The predicted octanol–water partition coefficient (Wildman–Crippen LogP) is 1.84. The lowest BCUT2D eigenvalue weighted by atomic mass is 10.3. The Bertz CT molecular complexity index is 579. The van der Waals surface area contributed by atoms with Crippen LogP contribution in [0.25, 0.3) is 5.65 Å². The highest BCUT2D eigenvalue weighted by Gasteiger charge is 2.39. The Labute approximate surface area is 99.2 Å². The molecule has 2 aromatic rings. The first-order chi connectivity index (χ1) is 8.38. The third-order valence-electron chi connectivity index (χ3n) is 2.27. The molecule has 2 rings (SSSR count). The summed E-state index contributed by atoms with van der Waals surface area (Å²) >= 11 is 0. The second-order valence-electron chi connectivity index (χ2n) is 3.60. The summed E-state index contributed by atoms with van der Waals surface area (Å²) in [6, 6.07) is 2.79. The molecule has 18 heavy (non-hydrogen) atoms. The van der Waals surface area contributed by atoms with Gasteiger partial charge >= 0.3 is 12.1 Å². The van der Waals surface area contributed by atoms with Gasteiger partial charge in [0.2, 0.25) is 0 Å². The van der Waals surface area contributed by atoms with Crippen molar-refractivity contribution in [2.24, 2.45) is 0 Å². The van der Waals surface area contributed by atoms with E-state index in [1.807, 2.05) is 0 Å². The van der Waals surface area contributed by atoms with E-state index in [1.165, 1.54) is 29.1 Å². The van der Waals surface area contributed by atoms with Gasteiger partial charge in [-0.15, -0.1) is 10.2 Å². The van der Waals surface area contributed by atoms with Gasteiger partial charge in [0.05, 0.1) is 5.56 Å². The molecule has 2 aromatic heterocycles. The highest BCUT2D eigenvalue weighted by molar-refractivity contribution is 5.89. The van der Waals surface area contributed by atoms with Crippen molar-refractivity contribution in [2.75, 3.05) is 0 Å². The van der Waals surface area contributed by atoms with E-state index in [-0.39, 0.29) is 5.56 Å². The number of nitrogens with zero attached hydrogens (tertiary/aromatic N) is 3. The number of hydrogen-bond acceptors (Lipinski definition) is 4. The van der Waals surface area contributed by atoms with Crippen molar-refractivity contribution in [3.8, 4) is 0 Å². The molecule has 0 saturated carbocycles. The molecule has 1 atom stereocenters. The summed E-state index contributed by atoms with van der Waals surface area (Å²) in [5, 5.41) is 7.28. The summed E-state index contributed by atoms with van der Waals surface area (Å²) in [5.74, 6) is -1.05. The van der Waals surface area contributed by atoms with Crippen LogP contribution in [0, 0.1) is 0 Å². The lowest BCUT2D eigenvalue weighted by Crippen LogP contribution is -2.30. The number of alkyl halides is 3. The topological polar surface area (TPSA) is 56.5 Å². The van der Waals surface area contributed by atoms with Crippen LogP contribution >= 0.6 is 0 Å². The Morgan fingerprint density at radius 3 is 2.83 bits per heavy atom. The van der Waals surface area contributed by atoms with E-state index in [2.05, 4.69) is 14.9 Å². The molecular weight excluding hydrogens is 251 g/mol. The number of halogens is 3. The standard InChI is InChI=1S/C10H8F3N3O2/c1-6(10(11,12)13)18-9(17)7-2-3-8-15-14-5-16(8)4-7/h2-6H,1H3/t6-/m1/s1. The summed E-state index contributed by atoms with van der Waals surface area (Å²) in [4.78, 5) is 11.5. The fourth-order valence-corrected chi connectivity index (χ4v) is 1.24. The van der Waals surface area contributed by atoms with Crippen LogP contribution in [0.1, 0.15) is 17.3 Å². The Balaban J connectivity index is 2.18. The average molecular weight is 259 g/mol. The van der Waals surface area contributed by atoms with Crippen molar-refractivity contribution in [2.45, 2.75) is 19.2 Å². The van der Waals surface area contributed by atoms with Crippen LogP contribution in [-0.4, -0.2) is 32.8 Å². The number of ether oxygens (including phenoxy) is 1. The van der Waals surface area contributed by atoms with Gasteiger partial charge in [-0.3, -0.25) is 4.40 Å². The van der Waals surface area contributed by atoms with Crippen molar-refractivity contribution >= 4 is 11.6 Å². The number of pyridine rings is 1. The second-order valence-corrected chi connectivity index (χ2v) is 3.60. The molecule has 0 aliphatic carbocycles. The maximum Gasteiger partial charge on any atom is 0.425 e. The van der Waals surface area contributed by atoms with Gasteiger partial charge in [-0.25, -0.2) is 4.79 Å². The fraction of sp³-hybridized carbons (Fsp3) is 0.300. The second kappa shape index (κ2) is 4.28. The molecular formula is C10H8F3N3O2. The number of carbonyl (C=O) groups excluding carboxylic acids is 1. The average Bonchev–Trinajstić information content (AvgIpc) is 2.74. The van der Waals surface area contributed by atoms with Crippen LogP contribution in [0.5, 0.6) is 0 Å². The van der Waals surface area contributed by atoms with Gasteiger partial charge in [-0.1, -0.05) is 0 Å². The molecule has 5 nitrogen and oxygen atoms in total. The summed E-state index contributed by atoms with van der Waals surface area (Å²) in [6.45, 7) is 0.773. The molecule has 8 heteroatoms. The minimum atomic E-state index is -4.57. The Morgan fingerprint density at radius 1 is 1.44 bits per heavy atom. The SMILES string of the molecule is C[C@@H](OC(=O)c1ccc2nncn2c1)C(F)(F)F. The van der Waals surface area contributed by atoms with Crippen molar-refractivity contribution in [3.63, 3.8) is 0 Å². The monoisotopic (exact) mass is 259 g/mol. The molecule has 0 N–H and O–H groups in total. The molecule has 0 aliphatic rings. The molecule has 0 radical (unpaired) electrons. The highest BCUT2D eigenvalue weighted by Crippen LogP contribution is 2.23. The van der Waals surface area contributed by atoms with Crippen LogP contribution in [0.2, 0.25) is 0 Å². The number of carbonyl (C=O) groups is 1. The Morgan fingerprint density at radius 2 is 2.17 bits per heavy atom. The van der Waals surface area contributed by atoms with E-state index in [9.17, 15) is 18.0 Å². The quantitative estimate of drug-likeness (QED) is 0.772. The zero-order chi connectivity index (χ0) is 13.3. The normalized spacial score (nSPS) is 13.6. The molecule has 0 amide bonds. The van der Waals surface area contributed by atoms with E-state index < -0.39 is 18.2 Å². The largest absolute Gasteiger partial charge is 0.449 e. The molecule has 0 unspecified atom stereocenters. The smallest absolute Gasteiger partial charge is 0.425 e. The molecule has 2 heterocycles. The summed E-state index contributed by atoms with van der Waals surface area (Å²) in [5.41, 5.74) is 0.480. The van der Waals surface area contributed by atoms with Crippen molar-refractivity contribution in [3.05, 3.63) is 30.2 Å². The first kappa shape index (κ1) is 12.3. The number of fused-ring (bicyclic) bond motifs is 1. The van der Waals surface area contributed by atoms with E-state index >= 15 is 0 Å². The maximum atomic E-state index is 12.2. The molecule has 0 saturated heterocycles. The molecule has 0 spiro atoms. The van der Waals surface area contributed by atoms with Crippen LogP contribution in [0.15, 0.2) is 24.7 Å². The minimum absolute atomic E-state index is 0.00148. The van der Waals surface area contributed by atoms with E-state index in [0.29, 0.717) is 5.65 Å². The summed E-state index contributed by atoms with van der Waals surface area (Å²) in [7, 11) is 0. The molecule has 0 fully saturated rings. The van der Waals surface area contributed by atoms with Crippen molar-refractivity contribution in [1.29, 1.82) is 0 Å². The lowest BCUT2D eigenvalue weighted by molar-refractivity contribution is -0.198. The third kappa shape index (κ3) is 2.41. The fourth-order valence-electron chi connectivity index (χ4n) is 1.24.